The van der Waals surface area contributed by atoms with Crippen molar-refractivity contribution in [2.75, 3.05) is 13.2 Å². The number of aliphatic hydroxyl groups is 5. The number of amides is 1. The zero-order valence-corrected chi connectivity index (χ0v) is 50.3. The first kappa shape index (κ1) is 73.4. The lowest BCUT2D eigenvalue weighted by Crippen LogP contribution is -2.61. The Kier molecular flexibility index (Phi) is 51.7. The van der Waals surface area contributed by atoms with Crippen LogP contribution in [0.25, 0.3) is 0 Å². The smallest absolute Gasteiger partial charge is 0.306 e. The monoisotopic (exact) mass is 1100 g/mol. The number of carbonyl (C=O) groups excluding carboxylic acids is 2. The van der Waals surface area contributed by atoms with E-state index in [2.05, 4.69) is 38.2 Å². The van der Waals surface area contributed by atoms with Crippen molar-refractivity contribution in [2.45, 2.75) is 339 Å². The molecule has 1 aliphatic rings. The zero-order valence-electron chi connectivity index (χ0n) is 50.3. The maximum atomic E-state index is 13.4. The van der Waals surface area contributed by atoms with Gasteiger partial charge < -0.3 is 45.1 Å². The Labute approximate surface area is 478 Å². The number of unbranched alkanes of at least 4 members (excludes halogenated alkanes) is 36. The highest BCUT2D eigenvalue weighted by molar-refractivity contribution is 5.80. The molecule has 0 aliphatic carbocycles. The van der Waals surface area contributed by atoms with Gasteiger partial charge in [-0.2, -0.15) is 0 Å². The van der Waals surface area contributed by atoms with Gasteiger partial charge in [0.25, 0.3) is 0 Å². The fraction of sp³-hybridized carbons (Fsp3) is 0.821. The highest BCUT2D eigenvalue weighted by Crippen LogP contribution is 2.26. The maximum Gasteiger partial charge on any atom is 0.306 e. The summed E-state index contributed by atoms with van der Waals surface area (Å²) < 4.78 is 17.6. The molecule has 0 bridgehead atoms. The lowest BCUT2D eigenvalue weighted by molar-refractivity contribution is -0.305. The van der Waals surface area contributed by atoms with E-state index in [0.717, 1.165) is 64.2 Å². The standard InChI is InChI=1S/C67H121NO10/c1-4-7-10-13-16-19-22-25-26-27-28-29-30-31-32-33-34-35-37-39-42-45-48-51-54-60(71)66(75)68-58(59(70)53-50-47-44-41-38-24-21-18-15-12-9-6-3)57-76-67-65(64(74)63(73)61(56-69)77-67)78-62(72)55-52-49-46-43-40-36-23-20-17-14-11-8-5-2/h8,11,14,17,20,23,36,40,50,53,58-61,63-65,67,69-71,73-74H,4-7,9-10,12-13,15-16,18-19,21-22,24-35,37-39,41-49,51-52,54-57H2,1-3H3,(H,68,75)/b11-8+,17-14+,23-20-,40-36-,53-50+. The molecule has 0 spiro atoms. The number of allylic oxidation sites excluding steroid dienone is 9. The molecule has 78 heavy (non-hydrogen) atoms. The van der Waals surface area contributed by atoms with Crippen molar-refractivity contribution in [3.05, 3.63) is 60.8 Å². The number of hydrogen-bond acceptors (Lipinski definition) is 10. The van der Waals surface area contributed by atoms with E-state index in [1.807, 2.05) is 42.5 Å². The van der Waals surface area contributed by atoms with Gasteiger partial charge in [0.2, 0.25) is 5.91 Å². The van der Waals surface area contributed by atoms with Crippen molar-refractivity contribution in [2.24, 2.45) is 0 Å². The van der Waals surface area contributed by atoms with Gasteiger partial charge in [-0.3, -0.25) is 9.59 Å². The molecule has 0 saturated carbocycles. The number of ether oxygens (including phenoxy) is 3. The van der Waals surface area contributed by atoms with Gasteiger partial charge in [0.15, 0.2) is 12.4 Å². The minimum absolute atomic E-state index is 0.0773. The predicted octanol–water partition coefficient (Wildman–Crippen LogP) is 15.8. The van der Waals surface area contributed by atoms with Crippen molar-refractivity contribution in [1.29, 1.82) is 0 Å². The highest BCUT2D eigenvalue weighted by Gasteiger charge is 2.47. The van der Waals surface area contributed by atoms with E-state index in [-0.39, 0.29) is 13.0 Å². The molecular formula is C67H121NO10. The Hall–Kier alpha value is -2.64. The van der Waals surface area contributed by atoms with Gasteiger partial charge in [0, 0.05) is 6.42 Å². The normalized spacial score (nSPS) is 19.3. The van der Waals surface area contributed by atoms with Crippen LogP contribution >= 0.6 is 0 Å². The summed E-state index contributed by atoms with van der Waals surface area (Å²) in [6.07, 6.45) is 58.6. The summed E-state index contributed by atoms with van der Waals surface area (Å²) in [7, 11) is 0. The number of carbonyl (C=O) groups is 2. The molecule has 11 heteroatoms. The molecule has 1 saturated heterocycles. The van der Waals surface area contributed by atoms with Crippen LogP contribution in [0.3, 0.4) is 0 Å². The number of esters is 1. The predicted molar refractivity (Wildman–Crippen MR) is 324 cm³/mol. The van der Waals surface area contributed by atoms with Crippen LogP contribution in [0.15, 0.2) is 60.8 Å². The van der Waals surface area contributed by atoms with Crippen molar-refractivity contribution < 1.29 is 49.3 Å². The van der Waals surface area contributed by atoms with Crippen LogP contribution in [-0.4, -0.2) is 99.6 Å². The van der Waals surface area contributed by atoms with Gasteiger partial charge in [-0.1, -0.05) is 300 Å². The van der Waals surface area contributed by atoms with Crippen molar-refractivity contribution in [3.8, 4) is 0 Å². The van der Waals surface area contributed by atoms with E-state index < -0.39 is 67.4 Å². The fourth-order valence-corrected chi connectivity index (χ4v) is 10.1. The molecule has 8 atom stereocenters. The maximum absolute atomic E-state index is 13.4. The molecule has 454 valence electrons. The van der Waals surface area contributed by atoms with E-state index in [4.69, 9.17) is 14.2 Å². The highest BCUT2D eigenvalue weighted by atomic mass is 16.7. The first-order chi connectivity index (χ1) is 38.2. The Morgan fingerprint density at radius 2 is 0.923 bits per heavy atom. The minimum atomic E-state index is -1.63. The van der Waals surface area contributed by atoms with Gasteiger partial charge in [0.1, 0.15) is 24.4 Å². The second-order valence-corrected chi connectivity index (χ2v) is 22.6. The van der Waals surface area contributed by atoms with Gasteiger partial charge in [-0.15, -0.1) is 0 Å². The summed E-state index contributed by atoms with van der Waals surface area (Å²) in [6, 6.07) is -1.03. The molecule has 1 aliphatic heterocycles. The van der Waals surface area contributed by atoms with E-state index in [1.54, 1.807) is 6.08 Å². The topological polar surface area (TPSA) is 175 Å². The van der Waals surface area contributed by atoms with E-state index in [1.165, 1.54) is 180 Å². The third-order valence-electron chi connectivity index (χ3n) is 15.3. The lowest BCUT2D eigenvalue weighted by atomic mass is 9.99. The molecule has 1 fully saturated rings. The molecular weight excluding hydrogens is 979 g/mol. The molecule has 8 unspecified atom stereocenters. The van der Waals surface area contributed by atoms with Gasteiger partial charge in [-0.05, 0) is 44.9 Å². The van der Waals surface area contributed by atoms with Gasteiger partial charge in [0.05, 0.1) is 25.4 Å². The lowest BCUT2D eigenvalue weighted by Gasteiger charge is -2.41. The molecule has 0 aromatic rings. The summed E-state index contributed by atoms with van der Waals surface area (Å²) in [6.45, 7) is 5.64. The zero-order chi connectivity index (χ0) is 56.8. The number of hydrogen-bond donors (Lipinski definition) is 6. The number of aliphatic hydroxyl groups excluding tert-OH is 5. The Bertz CT molecular complexity index is 1500. The summed E-state index contributed by atoms with van der Waals surface area (Å²) in [5.74, 6) is -1.23. The first-order valence-electron chi connectivity index (χ1n) is 32.6. The first-order valence-corrected chi connectivity index (χ1v) is 32.6. The molecule has 0 radical (unpaired) electrons. The van der Waals surface area contributed by atoms with Crippen LogP contribution in [0.1, 0.15) is 290 Å². The van der Waals surface area contributed by atoms with Crippen molar-refractivity contribution >= 4 is 11.9 Å². The average molecular weight is 1100 g/mol. The van der Waals surface area contributed by atoms with Crippen LogP contribution in [0.4, 0.5) is 0 Å². The van der Waals surface area contributed by atoms with Crippen LogP contribution in [0.2, 0.25) is 0 Å². The number of rotatable bonds is 55. The largest absolute Gasteiger partial charge is 0.454 e. The molecule has 1 amide bonds. The van der Waals surface area contributed by atoms with Crippen molar-refractivity contribution in [1.82, 2.24) is 5.32 Å². The average Bonchev–Trinajstić information content (AvgIpc) is 3.44. The van der Waals surface area contributed by atoms with Crippen LogP contribution in [-0.2, 0) is 23.8 Å². The molecule has 0 aromatic heterocycles. The molecule has 11 nitrogen and oxygen atoms in total. The third kappa shape index (κ3) is 42.2. The van der Waals surface area contributed by atoms with Crippen LogP contribution in [0.5, 0.6) is 0 Å². The third-order valence-corrected chi connectivity index (χ3v) is 15.3. The van der Waals surface area contributed by atoms with Crippen molar-refractivity contribution in [3.63, 3.8) is 0 Å². The summed E-state index contributed by atoms with van der Waals surface area (Å²) in [5.41, 5.74) is 0. The molecule has 0 aromatic carbocycles. The summed E-state index contributed by atoms with van der Waals surface area (Å²) >= 11 is 0. The summed E-state index contributed by atoms with van der Waals surface area (Å²) in [4.78, 5) is 26.5. The SMILES string of the molecule is CC/C=C/C=C/C=C\C=C/CCCCCC(=O)OC1C(OCC(NC(=O)C(O)CCCCCCCCCCCCCCCCCCCCCCCCCC)C(O)/C=C/CCCCCCCCCCCC)OC(CO)C(O)C1O. The second-order valence-electron chi connectivity index (χ2n) is 22.6. The number of nitrogens with one attached hydrogen (secondary N) is 1. The Balaban J connectivity index is 2.60. The van der Waals surface area contributed by atoms with Gasteiger partial charge >= 0.3 is 5.97 Å². The van der Waals surface area contributed by atoms with Crippen LogP contribution in [0, 0.1) is 0 Å². The van der Waals surface area contributed by atoms with Gasteiger partial charge in [-0.25, -0.2) is 0 Å². The quantitative estimate of drug-likeness (QED) is 0.0149. The van der Waals surface area contributed by atoms with Crippen LogP contribution < -0.4 is 5.32 Å². The second kappa shape index (κ2) is 54.9. The minimum Gasteiger partial charge on any atom is -0.454 e. The van der Waals surface area contributed by atoms with E-state index in [0.29, 0.717) is 19.3 Å². The summed E-state index contributed by atoms with van der Waals surface area (Å²) in [5, 5.41) is 57.0. The fourth-order valence-electron chi connectivity index (χ4n) is 10.1. The Morgan fingerprint density at radius 1 is 0.513 bits per heavy atom. The molecule has 6 N–H and O–H groups in total. The van der Waals surface area contributed by atoms with E-state index in [9.17, 15) is 35.1 Å². The molecule has 1 rings (SSSR count). The Morgan fingerprint density at radius 3 is 1.38 bits per heavy atom. The molecule has 1 heterocycles. The van der Waals surface area contributed by atoms with E-state index >= 15 is 0 Å².